The van der Waals surface area contributed by atoms with Crippen LogP contribution in [-0.2, 0) is 4.74 Å². The summed E-state index contributed by atoms with van der Waals surface area (Å²) in [6.45, 7) is 7.65. The van der Waals surface area contributed by atoms with Gasteiger partial charge in [-0.25, -0.2) is 4.98 Å². The largest absolute Gasteiger partial charge is 0.388 e. The molecule has 1 aromatic rings. The highest BCUT2D eigenvalue weighted by molar-refractivity contribution is 5.47. The number of β-amino-alcohol motifs (C(OH)–C–C–N with tert-alkyl or cyclic N) is 1. The molecule has 2 fully saturated rings. The summed E-state index contributed by atoms with van der Waals surface area (Å²) in [6, 6.07) is 1.93. The van der Waals surface area contributed by atoms with Gasteiger partial charge < -0.3 is 24.7 Å². The first kappa shape index (κ1) is 15.5. The van der Waals surface area contributed by atoms with Crippen molar-refractivity contribution in [2.45, 2.75) is 32.0 Å². The Kier molecular flexibility index (Phi) is 4.20. The van der Waals surface area contributed by atoms with Crippen LogP contribution in [0, 0.1) is 6.92 Å². The number of aliphatic hydroxyl groups is 2. The Morgan fingerprint density at radius 1 is 1.23 bits per heavy atom. The lowest BCUT2D eigenvalue weighted by atomic mass is 9.91. The fraction of sp³-hybridized carbons (Fsp3) is 0.733. The van der Waals surface area contributed by atoms with Crippen LogP contribution in [0.5, 0.6) is 0 Å². The summed E-state index contributed by atoms with van der Waals surface area (Å²) in [5.74, 6) is 1.52. The second-order valence-corrected chi connectivity index (χ2v) is 6.34. The van der Waals surface area contributed by atoms with Gasteiger partial charge in [-0.2, -0.15) is 4.98 Å². The molecule has 2 aliphatic rings. The van der Waals surface area contributed by atoms with Gasteiger partial charge in [0.15, 0.2) is 0 Å². The van der Waals surface area contributed by atoms with Crippen molar-refractivity contribution in [2.75, 3.05) is 49.2 Å². The molecule has 0 aliphatic carbocycles. The zero-order valence-corrected chi connectivity index (χ0v) is 13.2. The minimum absolute atomic E-state index is 0.381. The van der Waals surface area contributed by atoms with E-state index in [1.54, 1.807) is 6.92 Å². The van der Waals surface area contributed by atoms with Gasteiger partial charge >= 0.3 is 0 Å². The monoisotopic (exact) mass is 308 g/mol. The number of morpholine rings is 1. The van der Waals surface area contributed by atoms with Crippen molar-refractivity contribution in [3.8, 4) is 0 Å². The van der Waals surface area contributed by atoms with Crippen LogP contribution in [0.3, 0.4) is 0 Å². The highest BCUT2D eigenvalue weighted by Crippen LogP contribution is 2.26. The molecule has 2 atom stereocenters. The van der Waals surface area contributed by atoms with Crippen molar-refractivity contribution < 1.29 is 14.9 Å². The first-order chi connectivity index (χ1) is 10.5. The number of aliphatic hydroxyl groups excluding tert-OH is 1. The first-order valence-corrected chi connectivity index (χ1v) is 7.79. The van der Waals surface area contributed by atoms with Crippen molar-refractivity contribution in [3.63, 3.8) is 0 Å². The second-order valence-electron chi connectivity index (χ2n) is 6.34. The van der Waals surface area contributed by atoms with Gasteiger partial charge in [0, 0.05) is 37.9 Å². The van der Waals surface area contributed by atoms with Crippen molar-refractivity contribution in [2.24, 2.45) is 0 Å². The Labute approximate surface area is 130 Å². The molecule has 0 unspecified atom stereocenters. The van der Waals surface area contributed by atoms with E-state index in [1.165, 1.54) is 0 Å². The van der Waals surface area contributed by atoms with E-state index < -0.39 is 11.7 Å². The van der Waals surface area contributed by atoms with Gasteiger partial charge in [0.05, 0.1) is 24.9 Å². The summed E-state index contributed by atoms with van der Waals surface area (Å²) in [5, 5.41) is 20.2. The molecule has 2 saturated heterocycles. The average molecular weight is 308 g/mol. The minimum atomic E-state index is -1.02. The second kappa shape index (κ2) is 5.98. The predicted molar refractivity (Wildman–Crippen MR) is 83.3 cm³/mol. The van der Waals surface area contributed by atoms with Crippen LogP contribution in [-0.4, -0.2) is 71.3 Å². The molecule has 3 rings (SSSR count). The van der Waals surface area contributed by atoms with Gasteiger partial charge in [-0.1, -0.05) is 0 Å². The molecule has 0 aromatic carbocycles. The third kappa shape index (κ3) is 3.16. The molecule has 2 aliphatic heterocycles. The molecular weight excluding hydrogens is 284 g/mol. The standard InChI is InChI=1S/C15H24N4O3/c1-11-9-13(19-4-3-15(2,21)12(20)10-19)17-14(16-11)18-5-7-22-8-6-18/h9,12,20-21H,3-8,10H2,1-2H3/t12-,15+/m1/s1. The minimum Gasteiger partial charge on any atom is -0.388 e. The molecule has 0 saturated carbocycles. The van der Waals surface area contributed by atoms with Crippen LogP contribution in [0.4, 0.5) is 11.8 Å². The molecule has 22 heavy (non-hydrogen) atoms. The highest BCUT2D eigenvalue weighted by Gasteiger charge is 2.37. The molecule has 3 heterocycles. The van der Waals surface area contributed by atoms with E-state index in [0.29, 0.717) is 38.7 Å². The van der Waals surface area contributed by atoms with Crippen molar-refractivity contribution in [3.05, 3.63) is 11.8 Å². The van der Waals surface area contributed by atoms with Gasteiger partial charge in [0.25, 0.3) is 0 Å². The maximum absolute atomic E-state index is 10.1. The van der Waals surface area contributed by atoms with Crippen LogP contribution in [0.25, 0.3) is 0 Å². The zero-order chi connectivity index (χ0) is 15.7. The summed E-state index contributed by atoms with van der Waals surface area (Å²) in [6.07, 6.45) is -0.257. The SMILES string of the molecule is Cc1cc(N2CC[C@](C)(O)[C@H](O)C2)nc(N2CCOCC2)n1. The summed E-state index contributed by atoms with van der Waals surface area (Å²) in [4.78, 5) is 13.3. The Morgan fingerprint density at radius 2 is 1.95 bits per heavy atom. The van der Waals surface area contributed by atoms with E-state index in [-0.39, 0.29) is 0 Å². The van der Waals surface area contributed by atoms with Gasteiger partial charge in [0.2, 0.25) is 5.95 Å². The van der Waals surface area contributed by atoms with Gasteiger partial charge in [-0.15, -0.1) is 0 Å². The third-order valence-electron chi connectivity index (χ3n) is 4.45. The molecule has 122 valence electrons. The average Bonchev–Trinajstić information content (AvgIpc) is 2.50. The van der Waals surface area contributed by atoms with Crippen LogP contribution in [0.15, 0.2) is 6.07 Å². The number of aromatic nitrogens is 2. The van der Waals surface area contributed by atoms with Crippen LogP contribution in [0.2, 0.25) is 0 Å². The highest BCUT2D eigenvalue weighted by atomic mass is 16.5. The summed E-state index contributed by atoms with van der Waals surface area (Å²) in [7, 11) is 0. The lowest BCUT2D eigenvalue weighted by Gasteiger charge is -2.40. The van der Waals surface area contributed by atoms with E-state index >= 15 is 0 Å². The van der Waals surface area contributed by atoms with E-state index in [4.69, 9.17) is 4.74 Å². The Balaban J connectivity index is 1.80. The molecule has 0 radical (unpaired) electrons. The van der Waals surface area contributed by atoms with Crippen molar-refractivity contribution >= 4 is 11.8 Å². The Morgan fingerprint density at radius 3 is 2.64 bits per heavy atom. The zero-order valence-electron chi connectivity index (χ0n) is 13.2. The number of hydrogen-bond acceptors (Lipinski definition) is 7. The molecule has 2 N–H and O–H groups in total. The fourth-order valence-electron chi connectivity index (χ4n) is 2.84. The molecule has 1 aromatic heterocycles. The molecule has 0 spiro atoms. The smallest absolute Gasteiger partial charge is 0.227 e. The lowest BCUT2D eigenvalue weighted by molar-refractivity contribution is -0.0722. The number of hydrogen-bond donors (Lipinski definition) is 2. The first-order valence-electron chi connectivity index (χ1n) is 7.79. The number of nitrogens with zero attached hydrogens (tertiary/aromatic N) is 4. The number of piperidine rings is 1. The maximum Gasteiger partial charge on any atom is 0.227 e. The van der Waals surface area contributed by atoms with Crippen LogP contribution < -0.4 is 9.80 Å². The topological polar surface area (TPSA) is 82.0 Å². The molecular formula is C15H24N4O3. The quantitative estimate of drug-likeness (QED) is 0.792. The third-order valence-corrected chi connectivity index (χ3v) is 4.45. The van der Waals surface area contributed by atoms with E-state index in [9.17, 15) is 10.2 Å². The molecule has 7 heteroatoms. The predicted octanol–water partition coefficient (Wildman–Crippen LogP) is -0.0564. The number of ether oxygens (including phenoxy) is 1. The van der Waals surface area contributed by atoms with E-state index in [0.717, 1.165) is 24.6 Å². The van der Waals surface area contributed by atoms with Crippen molar-refractivity contribution in [1.82, 2.24) is 9.97 Å². The van der Waals surface area contributed by atoms with Gasteiger partial charge in [0.1, 0.15) is 5.82 Å². The normalized spacial score (nSPS) is 29.7. The molecule has 7 nitrogen and oxygen atoms in total. The lowest BCUT2D eigenvalue weighted by Crippen LogP contribution is -2.54. The molecule has 0 bridgehead atoms. The summed E-state index contributed by atoms with van der Waals surface area (Å²) in [5.41, 5.74) is -0.121. The number of rotatable bonds is 2. The van der Waals surface area contributed by atoms with Gasteiger partial charge in [-0.05, 0) is 20.3 Å². The summed E-state index contributed by atoms with van der Waals surface area (Å²) >= 11 is 0. The van der Waals surface area contributed by atoms with Crippen LogP contribution in [0.1, 0.15) is 19.0 Å². The van der Waals surface area contributed by atoms with Gasteiger partial charge in [-0.3, -0.25) is 0 Å². The Bertz CT molecular complexity index is 532. The van der Waals surface area contributed by atoms with Crippen LogP contribution >= 0.6 is 0 Å². The fourth-order valence-corrected chi connectivity index (χ4v) is 2.84. The molecule has 0 amide bonds. The maximum atomic E-state index is 10.1. The number of anilines is 2. The Hall–Kier alpha value is -1.44. The van der Waals surface area contributed by atoms with E-state index in [2.05, 4.69) is 14.9 Å². The number of aryl methyl sites for hydroxylation is 1. The van der Waals surface area contributed by atoms with Crippen molar-refractivity contribution in [1.29, 1.82) is 0 Å². The van der Waals surface area contributed by atoms with E-state index in [1.807, 2.05) is 17.9 Å². The summed E-state index contributed by atoms with van der Waals surface area (Å²) < 4.78 is 5.37.